The Morgan fingerprint density at radius 1 is 0.514 bits per heavy atom. The molecule has 0 fully saturated rings. The third-order valence-corrected chi connectivity index (χ3v) is 12.3. The van der Waals surface area contributed by atoms with E-state index < -0.39 is 8.24 Å². The van der Waals surface area contributed by atoms with Gasteiger partial charge in [-0.2, -0.15) is 0 Å². The summed E-state index contributed by atoms with van der Waals surface area (Å²) in [6.45, 7) is 7.31. The predicted octanol–water partition coefficient (Wildman–Crippen LogP) is 7.35. The lowest BCUT2D eigenvalue weighted by atomic mass is 10.0. The van der Waals surface area contributed by atoms with E-state index in [1.54, 1.807) is 0 Å². The number of benzene rings is 5. The van der Waals surface area contributed by atoms with Crippen LogP contribution in [0.3, 0.4) is 0 Å². The Labute approximate surface area is 210 Å². The molecule has 5 rings (SSSR count). The topological polar surface area (TPSA) is 3.24 Å². The van der Waals surface area contributed by atoms with E-state index in [0.29, 0.717) is 0 Å². The molecule has 1 nitrogen and oxygen atoms in total. The molecule has 0 saturated heterocycles. The van der Waals surface area contributed by atoms with Gasteiger partial charge in [0.2, 0.25) is 0 Å². The van der Waals surface area contributed by atoms with Crippen LogP contribution in [0.4, 0.5) is 0 Å². The zero-order valence-electron chi connectivity index (χ0n) is 20.8. The van der Waals surface area contributed by atoms with Crippen molar-refractivity contribution in [2.75, 3.05) is 0 Å². The van der Waals surface area contributed by atoms with E-state index >= 15 is 0 Å². The van der Waals surface area contributed by atoms with E-state index in [4.69, 9.17) is 0 Å². The highest BCUT2D eigenvalue weighted by molar-refractivity contribution is 7.00. The van der Waals surface area contributed by atoms with Crippen molar-refractivity contribution in [2.45, 2.75) is 32.5 Å². The average molecular weight is 472 g/mol. The summed E-state index contributed by atoms with van der Waals surface area (Å²) in [6.07, 6.45) is 0. The second-order valence-corrected chi connectivity index (χ2v) is 13.3. The van der Waals surface area contributed by atoms with Gasteiger partial charge in [-0.05, 0) is 52.7 Å². The molecule has 0 saturated carbocycles. The van der Waals surface area contributed by atoms with Crippen LogP contribution in [0.15, 0.2) is 133 Å². The maximum Gasteiger partial charge on any atom is 0.191 e. The molecule has 35 heavy (non-hydrogen) atoms. The highest BCUT2D eigenvalue weighted by Crippen LogP contribution is 2.36. The van der Waals surface area contributed by atoms with Crippen molar-refractivity contribution in [3.8, 4) is 0 Å². The Morgan fingerprint density at radius 2 is 0.971 bits per heavy atom. The standard InChI is InChI=1S/C33H33NSi/c1-26(28-16-7-4-8-17-28)34(27(2)29-18-9-5-10-19-29)35(3,31-22-11-6-12-23-31)33-25-15-21-30-20-13-14-24-32(30)33/h4-27H,1-3H3/t26-,27-,35+/m1/s1. The molecule has 0 unspecified atom stereocenters. The number of nitrogens with zero attached hydrogens (tertiary/aromatic N) is 1. The van der Waals surface area contributed by atoms with Gasteiger partial charge < -0.3 is 4.57 Å². The maximum absolute atomic E-state index is 2.84. The fraction of sp³-hybridized carbons (Fsp3) is 0.152. The van der Waals surface area contributed by atoms with E-state index in [2.05, 4.69) is 158 Å². The molecule has 0 heterocycles. The summed E-state index contributed by atoms with van der Waals surface area (Å²) in [6, 6.07) is 49.4. The minimum atomic E-state index is -2.45. The lowest BCUT2D eigenvalue weighted by Gasteiger charge is -2.48. The number of hydrogen-bond acceptors (Lipinski definition) is 1. The van der Waals surface area contributed by atoms with Crippen molar-refractivity contribution in [3.63, 3.8) is 0 Å². The SMILES string of the molecule is C[C@H](c1ccccc1)N([C@H](C)c1ccccc1)[Si@@](C)(c1ccccc1)c1cccc2ccccc12. The molecule has 3 atom stereocenters. The molecule has 2 heteroatoms. The number of fused-ring (bicyclic) bond motifs is 1. The Morgan fingerprint density at radius 3 is 1.54 bits per heavy atom. The lowest BCUT2D eigenvalue weighted by molar-refractivity contribution is 0.278. The molecule has 0 aliphatic rings. The molecular weight excluding hydrogens is 438 g/mol. The Balaban J connectivity index is 1.81. The van der Waals surface area contributed by atoms with E-state index in [1.165, 1.54) is 32.3 Å². The largest absolute Gasteiger partial charge is 0.303 e. The van der Waals surface area contributed by atoms with Gasteiger partial charge in [-0.3, -0.25) is 0 Å². The molecule has 174 valence electrons. The smallest absolute Gasteiger partial charge is 0.191 e. The highest BCUT2D eigenvalue weighted by atomic mass is 28.3. The normalized spacial score (nSPS) is 15.0. The van der Waals surface area contributed by atoms with E-state index in [1.807, 2.05) is 0 Å². The molecule has 0 aliphatic carbocycles. The van der Waals surface area contributed by atoms with Crippen molar-refractivity contribution in [1.29, 1.82) is 0 Å². The molecule has 0 bridgehead atoms. The van der Waals surface area contributed by atoms with Crippen molar-refractivity contribution in [1.82, 2.24) is 4.57 Å². The van der Waals surface area contributed by atoms with Crippen LogP contribution in [0.2, 0.25) is 6.55 Å². The Kier molecular flexibility index (Phi) is 6.67. The van der Waals surface area contributed by atoms with Gasteiger partial charge in [0.15, 0.2) is 8.24 Å². The quantitative estimate of drug-likeness (QED) is 0.224. The van der Waals surface area contributed by atoms with Gasteiger partial charge in [-0.25, -0.2) is 0 Å². The predicted molar refractivity (Wildman–Crippen MR) is 153 cm³/mol. The van der Waals surface area contributed by atoms with Crippen LogP contribution in [0.1, 0.15) is 37.1 Å². The van der Waals surface area contributed by atoms with Crippen molar-refractivity contribution in [2.24, 2.45) is 0 Å². The van der Waals surface area contributed by atoms with E-state index in [9.17, 15) is 0 Å². The zero-order chi connectivity index (χ0) is 24.3. The summed E-state index contributed by atoms with van der Waals surface area (Å²) < 4.78 is 2.84. The van der Waals surface area contributed by atoms with Gasteiger partial charge in [0.05, 0.1) is 0 Å². The van der Waals surface area contributed by atoms with Crippen molar-refractivity contribution in [3.05, 3.63) is 145 Å². The van der Waals surface area contributed by atoms with Gasteiger partial charge in [0.1, 0.15) is 0 Å². The second kappa shape index (κ2) is 10.0. The fourth-order valence-electron chi connectivity index (χ4n) is 5.75. The molecular formula is C33H33NSi. The van der Waals surface area contributed by atoms with Crippen LogP contribution in [0.5, 0.6) is 0 Å². The van der Waals surface area contributed by atoms with Crippen LogP contribution in [-0.4, -0.2) is 12.8 Å². The van der Waals surface area contributed by atoms with Crippen LogP contribution in [-0.2, 0) is 0 Å². The zero-order valence-corrected chi connectivity index (χ0v) is 21.8. The second-order valence-electron chi connectivity index (χ2n) is 9.55. The summed E-state index contributed by atoms with van der Waals surface area (Å²) >= 11 is 0. The lowest BCUT2D eigenvalue weighted by Crippen LogP contribution is -2.69. The molecule has 5 aromatic carbocycles. The first-order valence-electron chi connectivity index (χ1n) is 12.5. The van der Waals surface area contributed by atoms with Gasteiger partial charge >= 0.3 is 0 Å². The monoisotopic (exact) mass is 471 g/mol. The summed E-state index contributed by atoms with van der Waals surface area (Å²) in [7, 11) is -2.45. The first-order valence-corrected chi connectivity index (χ1v) is 15.0. The minimum Gasteiger partial charge on any atom is -0.303 e. The summed E-state index contributed by atoms with van der Waals surface area (Å²) in [5.41, 5.74) is 2.70. The first-order chi connectivity index (χ1) is 17.1. The molecule has 0 N–H and O–H groups in total. The summed E-state index contributed by atoms with van der Waals surface area (Å²) in [5.74, 6) is 0. The van der Waals surface area contributed by atoms with Gasteiger partial charge in [-0.15, -0.1) is 0 Å². The third-order valence-electron chi connectivity index (χ3n) is 7.56. The summed E-state index contributed by atoms with van der Waals surface area (Å²) in [5, 5.41) is 5.56. The Bertz CT molecular complexity index is 1330. The van der Waals surface area contributed by atoms with E-state index in [-0.39, 0.29) is 12.1 Å². The molecule has 0 aliphatic heterocycles. The number of hydrogen-bond donors (Lipinski definition) is 0. The summed E-state index contributed by atoms with van der Waals surface area (Å²) in [4.78, 5) is 0. The van der Waals surface area contributed by atoms with Gasteiger partial charge in [-0.1, -0.05) is 133 Å². The van der Waals surface area contributed by atoms with Crippen molar-refractivity contribution < 1.29 is 0 Å². The minimum absolute atomic E-state index is 0.238. The van der Waals surface area contributed by atoms with Gasteiger partial charge in [0.25, 0.3) is 0 Å². The van der Waals surface area contributed by atoms with Crippen LogP contribution in [0, 0.1) is 0 Å². The fourth-order valence-corrected chi connectivity index (χ4v) is 10.5. The Hall–Kier alpha value is -3.46. The molecule has 0 aromatic heterocycles. The molecule has 0 amide bonds. The average Bonchev–Trinajstić information content (AvgIpc) is 2.94. The van der Waals surface area contributed by atoms with E-state index in [0.717, 1.165) is 0 Å². The first kappa shape index (κ1) is 23.3. The number of rotatable bonds is 7. The van der Waals surface area contributed by atoms with Crippen LogP contribution >= 0.6 is 0 Å². The third kappa shape index (κ3) is 4.36. The van der Waals surface area contributed by atoms with Crippen LogP contribution in [0.25, 0.3) is 10.8 Å². The van der Waals surface area contributed by atoms with Gasteiger partial charge in [0, 0.05) is 12.1 Å². The molecule has 0 radical (unpaired) electrons. The highest BCUT2D eigenvalue weighted by Gasteiger charge is 2.45. The molecule has 5 aromatic rings. The van der Waals surface area contributed by atoms with Crippen molar-refractivity contribution >= 4 is 29.4 Å². The maximum atomic E-state index is 2.84. The molecule has 0 spiro atoms. The van der Waals surface area contributed by atoms with Crippen LogP contribution < -0.4 is 10.4 Å².